The summed E-state index contributed by atoms with van der Waals surface area (Å²) in [5.74, 6) is 0.742. The number of pyridine rings is 1. The van der Waals surface area contributed by atoms with E-state index in [0.717, 1.165) is 18.3 Å². The van der Waals surface area contributed by atoms with Crippen molar-refractivity contribution in [2.24, 2.45) is 0 Å². The predicted octanol–water partition coefficient (Wildman–Crippen LogP) is 2.21. The maximum absolute atomic E-state index is 5.79. The lowest BCUT2D eigenvalue weighted by Crippen LogP contribution is -2.26. The van der Waals surface area contributed by atoms with Gasteiger partial charge in [-0.1, -0.05) is 11.6 Å². The summed E-state index contributed by atoms with van der Waals surface area (Å²) in [6.45, 7) is 1.65. The molecule has 0 N–H and O–H groups in total. The van der Waals surface area contributed by atoms with Crippen molar-refractivity contribution in [1.82, 2.24) is 9.88 Å². The van der Waals surface area contributed by atoms with Crippen molar-refractivity contribution in [2.75, 3.05) is 20.2 Å². The molecule has 82 valence electrons. The van der Waals surface area contributed by atoms with E-state index in [9.17, 15) is 0 Å². The Balaban J connectivity index is 1.73. The molecule has 0 aliphatic heterocycles. The summed E-state index contributed by atoms with van der Waals surface area (Å²) in [6.07, 6.45) is 5.94. The smallest absolute Gasteiger partial charge is 0.139 e. The summed E-state index contributed by atoms with van der Waals surface area (Å²) < 4.78 is 5.55. The first-order valence-electron chi connectivity index (χ1n) is 5.19. The van der Waals surface area contributed by atoms with Gasteiger partial charge in [0.2, 0.25) is 0 Å². The fourth-order valence-electron chi connectivity index (χ4n) is 1.48. The predicted molar refractivity (Wildman–Crippen MR) is 60.4 cm³/mol. The number of aromatic nitrogens is 1. The Morgan fingerprint density at radius 3 is 3.00 bits per heavy atom. The normalized spacial score (nSPS) is 15.7. The second-order valence-electron chi connectivity index (χ2n) is 3.90. The average Bonchev–Trinajstić information content (AvgIpc) is 3.00. The Kier molecular flexibility index (Phi) is 3.44. The van der Waals surface area contributed by atoms with Gasteiger partial charge in [-0.05, 0) is 19.9 Å². The molecular formula is C11H15ClN2O. The van der Waals surface area contributed by atoms with E-state index in [4.69, 9.17) is 16.3 Å². The van der Waals surface area contributed by atoms with Crippen LogP contribution in [-0.2, 0) is 0 Å². The molecule has 1 fully saturated rings. The van der Waals surface area contributed by atoms with E-state index >= 15 is 0 Å². The first-order valence-corrected chi connectivity index (χ1v) is 5.57. The summed E-state index contributed by atoms with van der Waals surface area (Å²) in [6, 6.07) is 2.57. The maximum Gasteiger partial charge on any atom is 0.139 e. The third-order valence-electron chi connectivity index (χ3n) is 2.56. The van der Waals surface area contributed by atoms with Crippen LogP contribution in [0.15, 0.2) is 18.5 Å². The molecule has 2 rings (SSSR count). The van der Waals surface area contributed by atoms with Gasteiger partial charge in [-0.3, -0.25) is 4.98 Å². The average molecular weight is 227 g/mol. The highest BCUT2D eigenvalue weighted by Gasteiger charge is 2.25. The Morgan fingerprint density at radius 1 is 1.53 bits per heavy atom. The molecule has 0 aromatic carbocycles. The molecule has 1 heterocycles. The molecule has 0 saturated heterocycles. The van der Waals surface area contributed by atoms with Gasteiger partial charge in [0.15, 0.2) is 0 Å². The van der Waals surface area contributed by atoms with E-state index in [1.165, 1.54) is 12.8 Å². The van der Waals surface area contributed by atoms with Gasteiger partial charge in [-0.25, -0.2) is 0 Å². The molecule has 0 atom stereocenters. The molecule has 0 amide bonds. The van der Waals surface area contributed by atoms with E-state index in [0.29, 0.717) is 11.6 Å². The number of nitrogens with zero attached hydrogens (tertiary/aromatic N) is 2. The Labute approximate surface area is 95.0 Å². The van der Waals surface area contributed by atoms with Gasteiger partial charge in [0.05, 0.1) is 11.2 Å². The van der Waals surface area contributed by atoms with Crippen LogP contribution in [0.25, 0.3) is 0 Å². The zero-order valence-electron chi connectivity index (χ0n) is 8.82. The zero-order chi connectivity index (χ0) is 10.7. The third-order valence-corrected chi connectivity index (χ3v) is 2.77. The molecular weight excluding hydrogens is 212 g/mol. The summed E-state index contributed by atoms with van der Waals surface area (Å²) in [4.78, 5) is 6.29. The molecule has 0 unspecified atom stereocenters. The third kappa shape index (κ3) is 3.36. The number of hydrogen-bond acceptors (Lipinski definition) is 3. The first-order chi connectivity index (χ1) is 7.25. The molecule has 1 aromatic heterocycles. The highest BCUT2D eigenvalue weighted by Crippen LogP contribution is 2.24. The second kappa shape index (κ2) is 4.81. The highest BCUT2D eigenvalue weighted by atomic mass is 35.5. The molecule has 1 aliphatic rings. The fourth-order valence-corrected chi connectivity index (χ4v) is 1.64. The lowest BCUT2D eigenvalue weighted by molar-refractivity contribution is 0.231. The highest BCUT2D eigenvalue weighted by molar-refractivity contribution is 6.30. The van der Waals surface area contributed by atoms with E-state index < -0.39 is 0 Å². The van der Waals surface area contributed by atoms with Crippen LogP contribution in [-0.4, -0.2) is 36.1 Å². The summed E-state index contributed by atoms with van der Waals surface area (Å²) >= 11 is 5.79. The van der Waals surface area contributed by atoms with E-state index in [1.54, 1.807) is 18.5 Å². The van der Waals surface area contributed by atoms with Gasteiger partial charge in [0.25, 0.3) is 0 Å². The van der Waals surface area contributed by atoms with Crippen LogP contribution in [0, 0.1) is 0 Å². The number of likely N-dealkylation sites (N-methyl/N-ethyl adjacent to an activating group) is 1. The second-order valence-corrected chi connectivity index (χ2v) is 4.34. The maximum atomic E-state index is 5.79. The monoisotopic (exact) mass is 226 g/mol. The Bertz CT molecular complexity index is 328. The molecule has 4 heteroatoms. The molecule has 1 aliphatic carbocycles. The topological polar surface area (TPSA) is 25.4 Å². The zero-order valence-corrected chi connectivity index (χ0v) is 9.57. The van der Waals surface area contributed by atoms with Crippen molar-refractivity contribution >= 4 is 11.6 Å². The molecule has 0 spiro atoms. The number of rotatable bonds is 5. The molecule has 0 bridgehead atoms. The number of ether oxygens (including phenoxy) is 1. The van der Waals surface area contributed by atoms with Gasteiger partial charge in [0.1, 0.15) is 12.4 Å². The summed E-state index contributed by atoms with van der Waals surface area (Å²) in [5.41, 5.74) is 0. The van der Waals surface area contributed by atoms with Crippen LogP contribution < -0.4 is 4.74 Å². The van der Waals surface area contributed by atoms with Crippen molar-refractivity contribution in [3.05, 3.63) is 23.5 Å². The van der Waals surface area contributed by atoms with Crippen LogP contribution in [0.3, 0.4) is 0 Å². The largest absolute Gasteiger partial charge is 0.491 e. The lowest BCUT2D eigenvalue weighted by Gasteiger charge is -2.15. The van der Waals surface area contributed by atoms with Gasteiger partial charge in [-0.15, -0.1) is 0 Å². The number of halogens is 1. The molecule has 0 radical (unpaired) electrons. The molecule has 3 nitrogen and oxygen atoms in total. The summed E-state index contributed by atoms with van der Waals surface area (Å²) in [7, 11) is 2.14. The van der Waals surface area contributed by atoms with Crippen molar-refractivity contribution in [1.29, 1.82) is 0 Å². The lowest BCUT2D eigenvalue weighted by atomic mass is 10.4. The van der Waals surface area contributed by atoms with Crippen LogP contribution in [0.4, 0.5) is 0 Å². The van der Waals surface area contributed by atoms with Gasteiger partial charge in [-0.2, -0.15) is 0 Å². The van der Waals surface area contributed by atoms with Crippen molar-refractivity contribution in [3.63, 3.8) is 0 Å². The van der Waals surface area contributed by atoms with Crippen LogP contribution in [0.2, 0.25) is 5.02 Å². The Hall–Kier alpha value is -0.800. The Morgan fingerprint density at radius 2 is 2.33 bits per heavy atom. The van der Waals surface area contributed by atoms with Gasteiger partial charge in [0, 0.05) is 24.8 Å². The van der Waals surface area contributed by atoms with Crippen molar-refractivity contribution in [3.8, 4) is 5.75 Å². The minimum atomic E-state index is 0.614. The van der Waals surface area contributed by atoms with Gasteiger partial charge < -0.3 is 9.64 Å². The van der Waals surface area contributed by atoms with Crippen molar-refractivity contribution < 1.29 is 4.74 Å². The minimum Gasteiger partial charge on any atom is -0.491 e. The van der Waals surface area contributed by atoms with Crippen molar-refractivity contribution in [2.45, 2.75) is 18.9 Å². The molecule has 1 saturated carbocycles. The first kappa shape index (κ1) is 10.7. The van der Waals surface area contributed by atoms with Gasteiger partial charge >= 0.3 is 0 Å². The van der Waals surface area contributed by atoms with E-state index in [2.05, 4.69) is 16.9 Å². The van der Waals surface area contributed by atoms with E-state index in [1.807, 2.05) is 0 Å². The minimum absolute atomic E-state index is 0.614. The standard InChI is InChI=1S/C11H15ClN2O/c1-14(10-2-3-10)4-5-15-11-6-9(12)7-13-8-11/h6-8,10H,2-5H2,1H3. The van der Waals surface area contributed by atoms with E-state index in [-0.39, 0.29) is 0 Å². The molecule has 1 aromatic rings. The van der Waals surface area contributed by atoms with Crippen LogP contribution in [0.1, 0.15) is 12.8 Å². The van der Waals surface area contributed by atoms with Crippen LogP contribution in [0.5, 0.6) is 5.75 Å². The SMILES string of the molecule is CN(CCOc1cncc(Cl)c1)C1CC1. The molecule has 15 heavy (non-hydrogen) atoms. The number of hydrogen-bond donors (Lipinski definition) is 0. The summed E-state index contributed by atoms with van der Waals surface area (Å²) in [5, 5.41) is 0.614. The fraction of sp³-hybridized carbons (Fsp3) is 0.545. The van der Waals surface area contributed by atoms with Crippen LogP contribution >= 0.6 is 11.6 Å². The quantitative estimate of drug-likeness (QED) is 0.770.